The molecule has 5 nitrogen and oxygen atoms in total. The molecule has 0 saturated heterocycles. The van der Waals surface area contributed by atoms with Crippen LogP contribution in [0.1, 0.15) is 17.7 Å². The van der Waals surface area contributed by atoms with Gasteiger partial charge in [0.2, 0.25) is 10.0 Å². The third kappa shape index (κ3) is 3.62. The van der Waals surface area contributed by atoms with Gasteiger partial charge in [0.1, 0.15) is 5.69 Å². The van der Waals surface area contributed by atoms with Crippen LogP contribution in [-0.2, 0) is 10.0 Å². The first-order valence-corrected chi connectivity index (χ1v) is 9.37. The Morgan fingerprint density at radius 1 is 1.12 bits per heavy atom. The third-order valence-corrected chi connectivity index (χ3v) is 5.17. The summed E-state index contributed by atoms with van der Waals surface area (Å²) >= 11 is 6.14. The maximum Gasteiger partial charge on any atom is 0.282 e. The maximum atomic E-state index is 13.2. The van der Waals surface area contributed by atoms with Crippen LogP contribution in [-0.4, -0.2) is 18.2 Å². The van der Waals surface area contributed by atoms with Crippen LogP contribution in [0.5, 0.6) is 0 Å². The second-order valence-corrected chi connectivity index (χ2v) is 7.64. The van der Waals surface area contributed by atoms with Crippen molar-refractivity contribution in [2.24, 2.45) is 5.14 Å². The molecule has 3 rings (SSSR count). The molecular formula is C17H14ClF2N3O2S. The summed E-state index contributed by atoms with van der Waals surface area (Å²) in [6.07, 6.45) is -2.75. The molecule has 0 fully saturated rings. The Bertz CT molecular complexity index is 1060. The Hall–Kier alpha value is -2.29. The second kappa shape index (κ2) is 6.79. The topological polar surface area (TPSA) is 78.0 Å². The van der Waals surface area contributed by atoms with Gasteiger partial charge in [0.15, 0.2) is 0 Å². The molecule has 26 heavy (non-hydrogen) atoms. The minimum atomic E-state index is -3.85. The van der Waals surface area contributed by atoms with Gasteiger partial charge >= 0.3 is 0 Å². The fourth-order valence-corrected chi connectivity index (χ4v) is 3.13. The number of sulfonamides is 1. The number of nitrogens with two attached hydrogens (primary N) is 1. The van der Waals surface area contributed by atoms with Crippen molar-refractivity contribution in [1.29, 1.82) is 0 Å². The molecule has 3 aromatic rings. The number of benzene rings is 2. The predicted octanol–water partition coefficient (Wildman–Crippen LogP) is 4.09. The van der Waals surface area contributed by atoms with E-state index in [4.69, 9.17) is 16.7 Å². The van der Waals surface area contributed by atoms with Crippen molar-refractivity contribution < 1.29 is 17.2 Å². The highest BCUT2D eigenvalue weighted by Crippen LogP contribution is 2.30. The number of alkyl halides is 2. The van der Waals surface area contributed by atoms with Gasteiger partial charge in [0, 0.05) is 10.6 Å². The van der Waals surface area contributed by atoms with Crippen molar-refractivity contribution in [1.82, 2.24) is 9.78 Å². The van der Waals surface area contributed by atoms with E-state index in [0.717, 1.165) is 5.56 Å². The summed E-state index contributed by atoms with van der Waals surface area (Å²) in [6.45, 7) is 1.83. The van der Waals surface area contributed by atoms with Gasteiger partial charge in [-0.25, -0.2) is 27.0 Å². The summed E-state index contributed by atoms with van der Waals surface area (Å²) in [4.78, 5) is -0.0811. The van der Waals surface area contributed by atoms with Gasteiger partial charge in [-0.15, -0.1) is 0 Å². The predicted molar refractivity (Wildman–Crippen MR) is 95.1 cm³/mol. The standard InChI is InChI=1S/C17H14ClF2N3O2S/c1-10-2-3-11(8-14(10)18)16-9-15(17(19)20)22-23(16)12-4-6-13(7-5-12)26(21,24)25/h2-9,17H,1H3,(H2,21,24,25). The van der Waals surface area contributed by atoms with E-state index >= 15 is 0 Å². The number of hydrogen-bond acceptors (Lipinski definition) is 3. The lowest BCUT2D eigenvalue weighted by Crippen LogP contribution is -2.12. The Labute approximate surface area is 154 Å². The zero-order valence-corrected chi connectivity index (χ0v) is 15.1. The van der Waals surface area contributed by atoms with E-state index < -0.39 is 22.1 Å². The van der Waals surface area contributed by atoms with Crippen molar-refractivity contribution >= 4 is 21.6 Å². The quantitative estimate of drug-likeness (QED) is 0.720. The van der Waals surface area contributed by atoms with Crippen LogP contribution in [0, 0.1) is 6.92 Å². The third-order valence-electron chi connectivity index (χ3n) is 3.83. The van der Waals surface area contributed by atoms with Gasteiger partial charge in [0.25, 0.3) is 6.43 Å². The maximum absolute atomic E-state index is 13.2. The van der Waals surface area contributed by atoms with E-state index in [9.17, 15) is 17.2 Å². The summed E-state index contributed by atoms with van der Waals surface area (Å²) in [5.41, 5.74) is 1.89. The molecule has 0 bridgehead atoms. The number of rotatable bonds is 4. The van der Waals surface area contributed by atoms with Gasteiger partial charge in [-0.2, -0.15) is 5.10 Å². The molecule has 2 aromatic carbocycles. The molecule has 0 aliphatic heterocycles. The van der Waals surface area contributed by atoms with Crippen molar-refractivity contribution in [3.05, 3.63) is 64.8 Å². The first kappa shape index (κ1) is 18.5. The largest absolute Gasteiger partial charge is 0.282 e. The number of aryl methyl sites for hydroxylation is 1. The SMILES string of the molecule is Cc1ccc(-c2cc(C(F)F)nn2-c2ccc(S(N)(=O)=O)cc2)cc1Cl. The zero-order chi connectivity index (χ0) is 19.1. The molecule has 0 unspecified atom stereocenters. The lowest BCUT2D eigenvalue weighted by atomic mass is 10.1. The van der Waals surface area contributed by atoms with Crippen molar-refractivity contribution in [3.8, 4) is 16.9 Å². The van der Waals surface area contributed by atoms with E-state index in [-0.39, 0.29) is 4.90 Å². The van der Waals surface area contributed by atoms with E-state index in [1.807, 2.05) is 6.92 Å². The fraction of sp³-hybridized carbons (Fsp3) is 0.118. The van der Waals surface area contributed by atoms with Gasteiger partial charge in [0.05, 0.1) is 16.3 Å². The van der Waals surface area contributed by atoms with Crippen LogP contribution in [0.25, 0.3) is 16.9 Å². The summed E-state index contributed by atoms with van der Waals surface area (Å²) in [5.74, 6) is 0. The zero-order valence-electron chi connectivity index (χ0n) is 13.5. The van der Waals surface area contributed by atoms with Crippen LogP contribution in [0.15, 0.2) is 53.4 Å². The number of primary sulfonamides is 1. The minimum absolute atomic E-state index is 0.0811. The molecule has 0 radical (unpaired) electrons. The summed E-state index contributed by atoms with van der Waals surface area (Å²) < 4.78 is 50.4. The summed E-state index contributed by atoms with van der Waals surface area (Å²) in [7, 11) is -3.85. The highest BCUT2D eigenvalue weighted by atomic mass is 35.5. The van der Waals surface area contributed by atoms with Crippen molar-refractivity contribution in [3.63, 3.8) is 0 Å². The number of nitrogens with zero attached hydrogens (tertiary/aromatic N) is 2. The molecule has 0 spiro atoms. The van der Waals surface area contributed by atoms with Gasteiger partial charge in [-0.05, 0) is 48.9 Å². The average Bonchev–Trinajstić information content (AvgIpc) is 3.02. The van der Waals surface area contributed by atoms with Crippen LogP contribution in [0.2, 0.25) is 5.02 Å². The normalized spacial score (nSPS) is 11.9. The van der Waals surface area contributed by atoms with Crippen LogP contribution >= 0.6 is 11.6 Å². The number of hydrogen-bond donors (Lipinski definition) is 1. The highest BCUT2D eigenvalue weighted by Gasteiger charge is 2.18. The fourth-order valence-electron chi connectivity index (χ4n) is 2.44. The molecule has 2 N–H and O–H groups in total. The lowest BCUT2D eigenvalue weighted by Gasteiger charge is -2.09. The molecule has 0 aliphatic carbocycles. The molecule has 0 aliphatic rings. The van der Waals surface area contributed by atoms with Crippen LogP contribution in [0.3, 0.4) is 0 Å². The summed E-state index contributed by atoms with van der Waals surface area (Å²) in [5, 5.41) is 9.52. The molecule has 0 amide bonds. The molecule has 1 heterocycles. The van der Waals surface area contributed by atoms with E-state index in [1.54, 1.807) is 18.2 Å². The monoisotopic (exact) mass is 397 g/mol. The number of aromatic nitrogens is 2. The van der Waals surface area contributed by atoms with Crippen molar-refractivity contribution in [2.45, 2.75) is 18.2 Å². The minimum Gasteiger partial charge on any atom is -0.233 e. The Morgan fingerprint density at radius 3 is 2.31 bits per heavy atom. The molecular weight excluding hydrogens is 384 g/mol. The lowest BCUT2D eigenvalue weighted by molar-refractivity contribution is 0.145. The highest BCUT2D eigenvalue weighted by molar-refractivity contribution is 7.89. The summed E-state index contributed by atoms with van der Waals surface area (Å²) in [6, 6.07) is 11.9. The van der Waals surface area contributed by atoms with Crippen LogP contribution in [0.4, 0.5) is 8.78 Å². The molecule has 0 saturated carbocycles. The van der Waals surface area contributed by atoms with Gasteiger partial charge < -0.3 is 0 Å². The Morgan fingerprint density at radius 2 is 1.77 bits per heavy atom. The van der Waals surface area contributed by atoms with Gasteiger partial charge in [-0.3, -0.25) is 0 Å². The average molecular weight is 398 g/mol. The van der Waals surface area contributed by atoms with Gasteiger partial charge in [-0.1, -0.05) is 23.7 Å². The second-order valence-electron chi connectivity index (χ2n) is 5.67. The first-order chi connectivity index (χ1) is 12.2. The molecule has 136 valence electrons. The van der Waals surface area contributed by atoms with Crippen molar-refractivity contribution in [2.75, 3.05) is 0 Å². The molecule has 0 atom stereocenters. The number of halogens is 3. The Kier molecular flexibility index (Phi) is 4.83. The van der Waals surface area contributed by atoms with E-state index in [2.05, 4.69) is 5.10 Å². The molecule has 9 heteroatoms. The first-order valence-electron chi connectivity index (χ1n) is 7.44. The van der Waals surface area contributed by atoms with E-state index in [1.165, 1.54) is 35.0 Å². The van der Waals surface area contributed by atoms with E-state index in [0.29, 0.717) is 22.0 Å². The smallest absolute Gasteiger partial charge is 0.233 e. The van der Waals surface area contributed by atoms with Crippen LogP contribution < -0.4 is 5.14 Å². The molecule has 1 aromatic heterocycles. The Balaban J connectivity index is 2.15.